The van der Waals surface area contributed by atoms with Crippen molar-refractivity contribution in [1.29, 1.82) is 0 Å². The highest BCUT2D eigenvalue weighted by molar-refractivity contribution is 8.00. The molecule has 0 aliphatic carbocycles. The maximum Gasteiger partial charge on any atom is 0.322 e. The van der Waals surface area contributed by atoms with Crippen LogP contribution in [0.1, 0.15) is 17.0 Å². The van der Waals surface area contributed by atoms with Gasteiger partial charge in [0.05, 0.1) is 12.2 Å². The average Bonchev–Trinajstić information content (AvgIpc) is 3.03. The van der Waals surface area contributed by atoms with Crippen molar-refractivity contribution in [2.75, 3.05) is 11.1 Å². The van der Waals surface area contributed by atoms with E-state index in [9.17, 15) is 4.79 Å². The van der Waals surface area contributed by atoms with Crippen molar-refractivity contribution in [2.45, 2.75) is 18.2 Å². The van der Waals surface area contributed by atoms with E-state index in [1.165, 1.54) is 17.3 Å². The Bertz CT molecular complexity index is 848. The van der Waals surface area contributed by atoms with E-state index in [1.54, 1.807) is 12.1 Å². The minimum absolute atomic E-state index is 0.115. The molecule has 2 aromatic carbocycles. The normalized spacial score (nSPS) is 10.6. The first kappa shape index (κ1) is 17.5. The standard InChI is InChI=1S/C18H16ClN3O2S/c1-12-2-4-13(5-3-12)10-17-21-22-18(24-17)20-16(23)11-25-15-8-6-14(19)7-9-15/h2-9H,10-11H2,1H3,(H,20,22,23). The van der Waals surface area contributed by atoms with Crippen molar-refractivity contribution >= 4 is 35.3 Å². The second kappa shape index (κ2) is 8.18. The molecule has 3 rings (SSSR count). The quantitative estimate of drug-likeness (QED) is 0.650. The Kier molecular flexibility index (Phi) is 5.73. The zero-order valence-electron chi connectivity index (χ0n) is 13.5. The number of nitrogens with one attached hydrogen (secondary N) is 1. The van der Waals surface area contributed by atoms with Crippen LogP contribution in [0.2, 0.25) is 5.02 Å². The third kappa shape index (κ3) is 5.34. The summed E-state index contributed by atoms with van der Waals surface area (Å²) in [5.41, 5.74) is 2.27. The molecule has 5 nitrogen and oxygen atoms in total. The van der Waals surface area contributed by atoms with E-state index >= 15 is 0 Å². The summed E-state index contributed by atoms with van der Waals surface area (Å²) in [4.78, 5) is 12.9. The zero-order chi connectivity index (χ0) is 17.6. The molecule has 0 aliphatic rings. The van der Waals surface area contributed by atoms with E-state index in [0.717, 1.165) is 10.5 Å². The fraction of sp³-hybridized carbons (Fsp3) is 0.167. The minimum Gasteiger partial charge on any atom is -0.407 e. The van der Waals surface area contributed by atoms with Gasteiger partial charge >= 0.3 is 6.01 Å². The molecule has 0 aliphatic heterocycles. The Morgan fingerprint density at radius 3 is 2.56 bits per heavy atom. The fourth-order valence-corrected chi connectivity index (χ4v) is 2.92. The molecule has 3 aromatic rings. The summed E-state index contributed by atoms with van der Waals surface area (Å²) in [6.07, 6.45) is 0.530. The summed E-state index contributed by atoms with van der Waals surface area (Å²) < 4.78 is 5.48. The molecule has 0 unspecified atom stereocenters. The summed E-state index contributed by atoms with van der Waals surface area (Å²) in [5.74, 6) is 0.507. The number of carbonyl (C=O) groups is 1. The topological polar surface area (TPSA) is 68.0 Å². The van der Waals surface area contributed by atoms with E-state index in [1.807, 2.05) is 43.3 Å². The summed E-state index contributed by atoms with van der Waals surface area (Å²) >= 11 is 7.24. The molecular weight excluding hydrogens is 358 g/mol. The molecule has 0 saturated heterocycles. The van der Waals surface area contributed by atoms with Gasteiger partial charge in [-0.3, -0.25) is 10.1 Å². The molecule has 1 N–H and O–H groups in total. The monoisotopic (exact) mass is 373 g/mol. The van der Waals surface area contributed by atoms with E-state index in [4.69, 9.17) is 16.0 Å². The number of nitrogens with zero attached hydrogens (tertiary/aromatic N) is 2. The van der Waals surface area contributed by atoms with Crippen LogP contribution in [0.3, 0.4) is 0 Å². The lowest BCUT2D eigenvalue weighted by Crippen LogP contribution is -2.14. The van der Waals surface area contributed by atoms with E-state index in [-0.39, 0.29) is 17.7 Å². The van der Waals surface area contributed by atoms with Gasteiger partial charge in [-0.25, -0.2) is 0 Å². The van der Waals surface area contributed by atoms with E-state index < -0.39 is 0 Å². The Labute approximate surface area is 154 Å². The lowest BCUT2D eigenvalue weighted by atomic mass is 10.1. The summed E-state index contributed by atoms with van der Waals surface area (Å²) in [6.45, 7) is 2.03. The number of aryl methyl sites for hydroxylation is 1. The van der Waals surface area contributed by atoms with Crippen LogP contribution in [-0.4, -0.2) is 21.9 Å². The lowest BCUT2D eigenvalue weighted by molar-refractivity contribution is -0.113. The molecule has 25 heavy (non-hydrogen) atoms. The van der Waals surface area contributed by atoms with Crippen LogP contribution in [0.5, 0.6) is 0 Å². The maximum atomic E-state index is 12.0. The van der Waals surface area contributed by atoms with Gasteiger partial charge in [-0.1, -0.05) is 46.5 Å². The Balaban J connectivity index is 1.51. The number of halogens is 1. The third-order valence-electron chi connectivity index (χ3n) is 3.37. The van der Waals surface area contributed by atoms with Gasteiger partial charge in [-0.15, -0.1) is 16.9 Å². The number of aromatic nitrogens is 2. The van der Waals surface area contributed by atoms with Crippen molar-refractivity contribution in [3.8, 4) is 0 Å². The number of benzene rings is 2. The Morgan fingerprint density at radius 2 is 1.84 bits per heavy atom. The summed E-state index contributed by atoms with van der Waals surface area (Å²) in [5, 5.41) is 11.1. The predicted molar refractivity (Wildman–Crippen MR) is 99.1 cm³/mol. The first-order chi connectivity index (χ1) is 12.1. The molecule has 1 aromatic heterocycles. The minimum atomic E-state index is -0.203. The van der Waals surface area contributed by atoms with Gasteiger partial charge in [-0.2, -0.15) is 0 Å². The molecule has 0 atom stereocenters. The number of rotatable bonds is 6. The summed E-state index contributed by atoms with van der Waals surface area (Å²) in [7, 11) is 0. The van der Waals surface area contributed by atoms with Crippen LogP contribution in [-0.2, 0) is 11.2 Å². The first-order valence-electron chi connectivity index (χ1n) is 7.64. The number of carbonyl (C=O) groups excluding carboxylic acids is 1. The van der Waals surface area contributed by atoms with Gasteiger partial charge in [0.15, 0.2) is 0 Å². The van der Waals surface area contributed by atoms with Crippen molar-refractivity contribution in [3.63, 3.8) is 0 Å². The predicted octanol–water partition coefficient (Wildman–Crippen LogP) is 4.35. The van der Waals surface area contributed by atoms with E-state index in [0.29, 0.717) is 17.3 Å². The van der Waals surface area contributed by atoms with Crippen LogP contribution >= 0.6 is 23.4 Å². The van der Waals surface area contributed by atoms with Crippen LogP contribution < -0.4 is 5.32 Å². The second-order valence-corrected chi connectivity index (χ2v) is 6.94. The van der Waals surface area contributed by atoms with Gasteiger partial charge in [0.2, 0.25) is 11.8 Å². The molecule has 0 saturated carbocycles. The van der Waals surface area contributed by atoms with Gasteiger partial charge in [0.25, 0.3) is 0 Å². The molecule has 128 valence electrons. The van der Waals surface area contributed by atoms with Gasteiger partial charge in [-0.05, 0) is 36.8 Å². The summed E-state index contributed by atoms with van der Waals surface area (Å²) in [6, 6.07) is 15.5. The van der Waals surface area contributed by atoms with Crippen molar-refractivity contribution in [1.82, 2.24) is 10.2 Å². The second-order valence-electron chi connectivity index (χ2n) is 5.45. The lowest BCUT2D eigenvalue weighted by Gasteiger charge is -2.01. The highest BCUT2D eigenvalue weighted by atomic mass is 35.5. The fourth-order valence-electron chi connectivity index (χ4n) is 2.09. The van der Waals surface area contributed by atoms with Crippen LogP contribution in [0.15, 0.2) is 57.8 Å². The molecule has 0 radical (unpaired) electrons. The number of thioether (sulfide) groups is 1. The smallest absolute Gasteiger partial charge is 0.322 e. The Hall–Kier alpha value is -2.31. The molecule has 7 heteroatoms. The van der Waals surface area contributed by atoms with Crippen molar-refractivity contribution in [2.24, 2.45) is 0 Å². The van der Waals surface area contributed by atoms with Gasteiger partial charge in [0, 0.05) is 9.92 Å². The molecule has 0 fully saturated rings. The third-order valence-corrected chi connectivity index (χ3v) is 4.64. The molecule has 0 bridgehead atoms. The number of amides is 1. The van der Waals surface area contributed by atoms with E-state index in [2.05, 4.69) is 15.5 Å². The van der Waals surface area contributed by atoms with Crippen LogP contribution in [0.4, 0.5) is 6.01 Å². The average molecular weight is 374 g/mol. The largest absolute Gasteiger partial charge is 0.407 e. The van der Waals surface area contributed by atoms with Gasteiger partial charge < -0.3 is 4.42 Å². The number of anilines is 1. The maximum absolute atomic E-state index is 12.0. The van der Waals surface area contributed by atoms with Gasteiger partial charge in [0.1, 0.15) is 0 Å². The SMILES string of the molecule is Cc1ccc(Cc2nnc(NC(=O)CSc3ccc(Cl)cc3)o2)cc1. The zero-order valence-corrected chi connectivity index (χ0v) is 15.1. The molecule has 1 amide bonds. The first-order valence-corrected chi connectivity index (χ1v) is 9.01. The molecule has 0 spiro atoms. The van der Waals surface area contributed by atoms with Crippen LogP contribution in [0.25, 0.3) is 0 Å². The highest BCUT2D eigenvalue weighted by Crippen LogP contribution is 2.20. The van der Waals surface area contributed by atoms with Crippen molar-refractivity contribution < 1.29 is 9.21 Å². The highest BCUT2D eigenvalue weighted by Gasteiger charge is 2.11. The number of hydrogen-bond donors (Lipinski definition) is 1. The van der Waals surface area contributed by atoms with Crippen LogP contribution in [0, 0.1) is 6.92 Å². The molecular formula is C18H16ClN3O2S. The van der Waals surface area contributed by atoms with Crippen molar-refractivity contribution in [3.05, 3.63) is 70.6 Å². The molecule has 1 heterocycles. The number of hydrogen-bond acceptors (Lipinski definition) is 5. The Morgan fingerprint density at radius 1 is 1.12 bits per heavy atom.